The van der Waals surface area contributed by atoms with Crippen molar-refractivity contribution in [1.82, 2.24) is 9.13 Å². The number of nitrogens with zero attached hydrogens (tertiary/aromatic N) is 2. The largest absolute Gasteiger partial charge is 0.497 e. The molecule has 6 nitrogen and oxygen atoms in total. The molecule has 1 aromatic heterocycles. The Morgan fingerprint density at radius 1 is 1.26 bits per heavy atom. The van der Waals surface area contributed by atoms with Gasteiger partial charge in [0.05, 0.1) is 18.2 Å². The number of aryl methyl sites for hydroxylation is 1. The number of benzene rings is 1. The first-order valence-corrected chi connectivity index (χ1v) is 6.67. The van der Waals surface area contributed by atoms with E-state index in [1.54, 1.807) is 0 Å². The van der Waals surface area contributed by atoms with Gasteiger partial charge in [-0.1, -0.05) is 0 Å². The molecule has 2 aromatic rings. The van der Waals surface area contributed by atoms with Crippen molar-refractivity contribution >= 4 is 11.9 Å². The normalized spacial score (nSPS) is 11.0. The second-order valence-electron chi connectivity index (χ2n) is 4.89. The summed E-state index contributed by atoms with van der Waals surface area (Å²) in [6.07, 6.45) is 3.67. The van der Waals surface area contributed by atoms with Crippen LogP contribution in [0.4, 0.5) is 4.39 Å². The Morgan fingerprint density at radius 2 is 1.96 bits per heavy atom. The van der Waals surface area contributed by atoms with Crippen LogP contribution < -0.4 is 16.0 Å². The van der Waals surface area contributed by atoms with Crippen molar-refractivity contribution in [3.05, 3.63) is 68.3 Å². The molecule has 0 aliphatic rings. The molecule has 0 radical (unpaired) electrons. The van der Waals surface area contributed by atoms with Crippen LogP contribution in [0.3, 0.4) is 0 Å². The summed E-state index contributed by atoms with van der Waals surface area (Å²) in [7, 11) is 4.22. The molecular weight excluding hydrogens is 303 g/mol. The SMILES string of the molecule is COc1ccc(C(=O)C=Cc2cn(C)c(=O)n(C)c2=O)c(F)c1. The average Bonchev–Trinajstić information content (AvgIpc) is 2.54. The van der Waals surface area contributed by atoms with Crippen LogP contribution in [0.5, 0.6) is 5.75 Å². The summed E-state index contributed by atoms with van der Waals surface area (Å²) < 4.78 is 20.8. The number of carbonyl (C=O) groups is 1. The minimum Gasteiger partial charge on any atom is -0.497 e. The highest BCUT2D eigenvalue weighted by Crippen LogP contribution is 2.17. The van der Waals surface area contributed by atoms with Gasteiger partial charge in [-0.3, -0.25) is 14.2 Å². The summed E-state index contributed by atoms with van der Waals surface area (Å²) in [5.74, 6) is -1.01. The number of allylic oxidation sites excluding steroid dienone is 1. The minimum atomic E-state index is -0.715. The number of halogens is 1. The molecule has 0 aliphatic heterocycles. The van der Waals surface area contributed by atoms with Crippen molar-refractivity contribution in [2.24, 2.45) is 14.1 Å². The number of ketones is 1. The smallest absolute Gasteiger partial charge is 0.330 e. The zero-order valence-electron chi connectivity index (χ0n) is 12.9. The fourth-order valence-corrected chi connectivity index (χ4v) is 2.03. The Bertz CT molecular complexity index is 909. The van der Waals surface area contributed by atoms with Crippen molar-refractivity contribution in [2.45, 2.75) is 0 Å². The van der Waals surface area contributed by atoms with E-state index >= 15 is 0 Å². The van der Waals surface area contributed by atoms with Crippen LogP contribution in [0.2, 0.25) is 0 Å². The lowest BCUT2D eigenvalue weighted by Crippen LogP contribution is -2.37. The van der Waals surface area contributed by atoms with Crippen LogP contribution in [-0.2, 0) is 14.1 Å². The van der Waals surface area contributed by atoms with Crippen LogP contribution >= 0.6 is 0 Å². The highest BCUT2D eigenvalue weighted by molar-refractivity contribution is 6.07. The number of hydrogen-bond acceptors (Lipinski definition) is 4. The van der Waals surface area contributed by atoms with E-state index in [0.29, 0.717) is 5.75 Å². The lowest BCUT2D eigenvalue weighted by atomic mass is 10.1. The molecule has 1 aromatic carbocycles. The number of aromatic nitrogens is 2. The maximum atomic E-state index is 13.8. The number of methoxy groups -OCH3 is 1. The lowest BCUT2D eigenvalue weighted by molar-refractivity contribution is 0.104. The zero-order valence-corrected chi connectivity index (χ0v) is 12.9. The molecule has 0 fully saturated rings. The van der Waals surface area contributed by atoms with Crippen LogP contribution in [-0.4, -0.2) is 22.0 Å². The molecule has 2 rings (SSSR count). The summed E-state index contributed by atoms with van der Waals surface area (Å²) in [4.78, 5) is 35.6. The van der Waals surface area contributed by atoms with E-state index in [2.05, 4.69) is 0 Å². The summed E-state index contributed by atoms with van der Waals surface area (Å²) >= 11 is 0. The highest BCUT2D eigenvalue weighted by Gasteiger charge is 2.11. The van der Waals surface area contributed by atoms with Gasteiger partial charge in [-0.2, -0.15) is 0 Å². The van der Waals surface area contributed by atoms with Crippen molar-refractivity contribution < 1.29 is 13.9 Å². The Labute approximate surface area is 131 Å². The molecule has 0 amide bonds. The summed E-state index contributed by atoms with van der Waals surface area (Å²) in [5.41, 5.74) is -0.993. The van der Waals surface area contributed by atoms with Gasteiger partial charge in [-0.15, -0.1) is 0 Å². The second kappa shape index (κ2) is 6.43. The van der Waals surface area contributed by atoms with Gasteiger partial charge in [0.15, 0.2) is 5.78 Å². The van der Waals surface area contributed by atoms with E-state index in [1.807, 2.05) is 0 Å². The molecule has 0 saturated heterocycles. The molecular formula is C16H15FN2O4. The molecule has 0 spiro atoms. The summed E-state index contributed by atoms with van der Waals surface area (Å²) in [5, 5.41) is 0. The van der Waals surface area contributed by atoms with Crippen molar-refractivity contribution in [1.29, 1.82) is 0 Å². The van der Waals surface area contributed by atoms with E-state index in [9.17, 15) is 18.8 Å². The fourth-order valence-electron chi connectivity index (χ4n) is 2.03. The maximum Gasteiger partial charge on any atom is 0.330 e. The number of carbonyl (C=O) groups excluding carboxylic acids is 1. The van der Waals surface area contributed by atoms with E-state index in [-0.39, 0.29) is 11.1 Å². The van der Waals surface area contributed by atoms with Crippen LogP contribution in [0.25, 0.3) is 6.08 Å². The monoisotopic (exact) mass is 318 g/mol. The van der Waals surface area contributed by atoms with Gasteiger partial charge in [-0.25, -0.2) is 9.18 Å². The third-order valence-electron chi connectivity index (χ3n) is 3.33. The predicted octanol–water partition coefficient (Wildman–Crippen LogP) is 1.13. The first-order chi connectivity index (χ1) is 10.8. The summed E-state index contributed by atoms with van der Waals surface area (Å²) in [6.45, 7) is 0. The third-order valence-corrected chi connectivity index (χ3v) is 3.33. The Morgan fingerprint density at radius 3 is 2.57 bits per heavy atom. The molecule has 0 unspecified atom stereocenters. The fraction of sp³-hybridized carbons (Fsp3) is 0.188. The van der Waals surface area contributed by atoms with Crippen molar-refractivity contribution in [3.8, 4) is 5.75 Å². The van der Waals surface area contributed by atoms with Gasteiger partial charge in [0, 0.05) is 26.4 Å². The topological polar surface area (TPSA) is 70.3 Å². The van der Waals surface area contributed by atoms with E-state index in [0.717, 1.165) is 16.7 Å². The lowest BCUT2D eigenvalue weighted by Gasteiger charge is -2.04. The molecule has 0 N–H and O–H groups in total. The first kappa shape index (κ1) is 16.4. The zero-order chi connectivity index (χ0) is 17.1. The Hall–Kier alpha value is -2.96. The minimum absolute atomic E-state index is 0.135. The van der Waals surface area contributed by atoms with Crippen LogP contribution in [0, 0.1) is 5.82 Å². The maximum absolute atomic E-state index is 13.8. The second-order valence-corrected chi connectivity index (χ2v) is 4.89. The molecule has 0 aliphatic carbocycles. The molecule has 0 atom stereocenters. The van der Waals surface area contributed by atoms with E-state index < -0.39 is 22.8 Å². The van der Waals surface area contributed by atoms with E-state index in [1.165, 1.54) is 50.2 Å². The summed E-state index contributed by atoms with van der Waals surface area (Å²) in [6, 6.07) is 3.88. The van der Waals surface area contributed by atoms with Gasteiger partial charge in [0.2, 0.25) is 0 Å². The van der Waals surface area contributed by atoms with Gasteiger partial charge < -0.3 is 9.30 Å². The van der Waals surface area contributed by atoms with E-state index in [4.69, 9.17) is 4.74 Å². The van der Waals surface area contributed by atoms with Crippen molar-refractivity contribution in [2.75, 3.05) is 7.11 Å². The number of rotatable bonds is 4. The van der Waals surface area contributed by atoms with Crippen molar-refractivity contribution in [3.63, 3.8) is 0 Å². The molecule has 1 heterocycles. The molecule has 120 valence electrons. The van der Waals surface area contributed by atoms with Gasteiger partial charge in [0.25, 0.3) is 5.56 Å². The number of ether oxygens (including phenoxy) is 1. The van der Waals surface area contributed by atoms with Crippen LogP contribution in [0.1, 0.15) is 15.9 Å². The van der Waals surface area contributed by atoms with Crippen LogP contribution in [0.15, 0.2) is 40.1 Å². The molecule has 0 saturated carbocycles. The van der Waals surface area contributed by atoms with Gasteiger partial charge in [-0.05, 0) is 24.3 Å². The Kier molecular flexibility index (Phi) is 4.59. The molecule has 7 heteroatoms. The Balaban J connectivity index is 2.36. The molecule has 0 bridgehead atoms. The quantitative estimate of drug-likeness (QED) is 0.626. The average molecular weight is 318 g/mol. The highest BCUT2D eigenvalue weighted by atomic mass is 19.1. The number of hydrogen-bond donors (Lipinski definition) is 0. The third kappa shape index (κ3) is 3.28. The predicted molar refractivity (Wildman–Crippen MR) is 83.2 cm³/mol. The molecule has 23 heavy (non-hydrogen) atoms. The first-order valence-electron chi connectivity index (χ1n) is 6.67. The van der Waals surface area contributed by atoms with Gasteiger partial charge >= 0.3 is 5.69 Å². The van der Waals surface area contributed by atoms with Gasteiger partial charge in [0.1, 0.15) is 11.6 Å². The standard InChI is InChI=1S/C16H15FN2O4/c1-18-9-10(15(21)19(2)16(18)22)4-7-14(20)12-6-5-11(23-3)8-13(12)17/h4-9H,1-3H3.